The maximum Gasteiger partial charge on any atom is 0.317 e. The quantitative estimate of drug-likeness (QED) is 0.314. The third kappa shape index (κ3) is 4.45. The molecule has 34 heavy (non-hydrogen) atoms. The highest BCUT2D eigenvalue weighted by Crippen LogP contribution is 2.44. The third-order valence-electron chi connectivity index (χ3n) is 6.07. The number of carbonyl (C=O) groups excluding carboxylic acids is 2. The first kappa shape index (κ1) is 24.3. The molecule has 0 radical (unpaired) electrons. The van der Waals surface area contributed by atoms with Gasteiger partial charge in [-0.05, 0) is 31.9 Å². The van der Waals surface area contributed by atoms with Crippen LogP contribution < -0.4 is 0 Å². The summed E-state index contributed by atoms with van der Waals surface area (Å²) < 4.78 is 11.8. The van der Waals surface area contributed by atoms with Crippen molar-refractivity contribution in [1.82, 2.24) is 15.0 Å². The number of benzene rings is 1. The van der Waals surface area contributed by atoms with Crippen LogP contribution in [0.3, 0.4) is 0 Å². The lowest BCUT2D eigenvalue weighted by Crippen LogP contribution is -2.56. The Kier molecular flexibility index (Phi) is 7.01. The molecule has 182 valence electrons. The summed E-state index contributed by atoms with van der Waals surface area (Å²) in [5, 5.41) is 13.0. The monoisotopic (exact) mass is 487 g/mol. The molecular weight excluding hydrogens is 458 g/mol. The highest BCUT2D eigenvalue weighted by molar-refractivity contribution is 7.99. The molecule has 1 aromatic carbocycles. The van der Waals surface area contributed by atoms with Crippen molar-refractivity contribution in [1.29, 1.82) is 0 Å². The standard InChI is InChI=1S/C24H29N3O6S/c1-5-6-7-12-17-24(3,30)21(19-20(32-17)14(2)27(31-4)22(19)29)33-18(28)13-34-23-25-15-10-8-9-11-16(15)26-23/h8-11,17,21,30H,2,5-7,12-13H2,1,3-4H3,(H,25,26)/t17-,21-,24-/m0/s1. The number of aliphatic hydroxyl groups is 1. The summed E-state index contributed by atoms with van der Waals surface area (Å²) in [5.74, 6) is -1.02. The number of ether oxygens (including phenoxy) is 2. The van der Waals surface area contributed by atoms with Gasteiger partial charge in [0, 0.05) is 0 Å². The number of para-hydroxylation sites is 2. The van der Waals surface area contributed by atoms with Gasteiger partial charge in [0.15, 0.2) is 17.0 Å². The molecule has 0 aliphatic carbocycles. The van der Waals surface area contributed by atoms with Gasteiger partial charge in [-0.3, -0.25) is 14.4 Å². The molecule has 10 heteroatoms. The number of esters is 1. The van der Waals surface area contributed by atoms with Gasteiger partial charge in [0.05, 0.1) is 23.9 Å². The number of hydrogen-bond acceptors (Lipinski definition) is 8. The van der Waals surface area contributed by atoms with Crippen molar-refractivity contribution in [2.45, 2.75) is 62.5 Å². The number of carbonyl (C=O) groups is 2. The molecule has 2 aliphatic heterocycles. The van der Waals surface area contributed by atoms with Gasteiger partial charge >= 0.3 is 5.97 Å². The Morgan fingerprint density at radius 2 is 2.15 bits per heavy atom. The summed E-state index contributed by atoms with van der Waals surface area (Å²) in [5.41, 5.74) is 0.295. The van der Waals surface area contributed by atoms with Crippen LogP contribution in [0.2, 0.25) is 0 Å². The number of amides is 1. The second-order valence-electron chi connectivity index (χ2n) is 8.52. The average molecular weight is 488 g/mol. The van der Waals surface area contributed by atoms with Crippen molar-refractivity contribution in [3.05, 3.63) is 47.9 Å². The van der Waals surface area contributed by atoms with E-state index >= 15 is 0 Å². The lowest BCUT2D eigenvalue weighted by atomic mass is 9.82. The fraction of sp³-hybridized carbons (Fsp3) is 0.458. The second-order valence-corrected chi connectivity index (χ2v) is 9.48. The molecule has 2 N–H and O–H groups in total. The smallest absolute Gasteiger partial charge is 0.317 e. The van der Waals surface area contributed by atoms with Crippen LogP contribution in [-0.4, -0.2) is 62.7 Å². The van der Waals surface area contributed by atoms with E-state index in [4.69, 9.17) is 14.3 Å². The van der Waals surface area contributed by atoms with Gasteiger partial charge in [0.1, 0.15) is 23.0 Å². The van der Waals surface area contributed by atoms with Crippen molar-refractivity contribution in [3.63, 3.8) is 0 Å². The number of thioether (sulfide) groups is 1. The molecule has 0 unspecified atom stereocenters. The molecule has 0 saturated heterocycles. The predicted molar refractivity (Wildman–Crippen MR) is 126 cm³/mol. The van der Waals surface area contributed by atoms with E-state index in [1.165, 1.54) is 25.8 Å². The number of fused-ring (bicyclic) bond motifs is 1. The van der Waals surface area contributed by atoms with Gasteiger partial charge in [-0.25, -0.2) is 4.98 Å². The largest absolute Gasteiger partial charge is 0.484 e. The van der Waals surface area contributed by atoms with Gasteiger partial charge < -0.3 is 19.6 Å². The molecule has 0 spiro atoms. The van der Waals surface area contributed by atoms with Crippen molar-refractivity contribution < 1.29 is 29.0 Å². The predicted octanol–water partition coefficient (Wildman–Crippen LogP) is 3.47. The van der Waals surface area contributed by atoms with Crippen LogP contribution >= 0.6 is 11.8 Å². The Labute approximate surface area is 202 Å². The summed E-state index contributed by atoms with van der Waals surface area (Å²) in [7, 11) is 1.34. The van der Waals surface area contributed by atoms with Crippen molar-refractivity contribution in [2.75, 3.05) is 12.9 Å². The van der Waals surface area contributed by atoms with Crippen molar-refractivity contribution in [2.24, 2.45) is 0 Å². The molecule has 1 aromatic heterocycles. The van der Waals surface area contributed by atoms with Gasteiger partial charge in [0.2, 0.25) is 0 Å². The molecular formula is C24H29N3O6S. The molecule has 0 saturated carbocycles. The molecule has 0 bridgehead atoms. The van der Waals surface area contributed by atoms with E-state index in [1.54, 1.807) is 0 Å². The maximum absolute atomic E-state index is 13.0. The fourth-order valence-electron chi connectivity index (χ4n) is 4.25. The SMILES string of the molecule is C=C1C2=C(C(=O)N1OC)[C@H](OC(=O)CSc1nc3ccccc3[nH]1)[C@@](C)(O)[C@H](CCCCC)O2. The normalized spacial score (nSPS) is 24.5. The van der Waals surface area contributed by atoms with Crippen LogP contribution in [0.25, 0.3) is 11.0 Å². The van der Waals surface area contributed by atoms with E-state index < -0.39 is 29.7 Å². The molecule has 2 aromatic rings. The molecule has 2 aliphatic rings. The van der Waals surface area contributed by atoms with Gasteiger partial charge in [-0.1, -0.05) is 50.2 Å². The number of unbranched alkanes of at least 4 members (excludes halogenated alkanes) is 2. The highest BCUT2D eigenvalue weighted by Gasteiger charge is 2.56. The zero-order valence-corrected chi connectivity index (χ0v) is 20.3. The Balaban J connectivity index is 1.54. The van der Waals surface area contributed by atoms with Gasteiger partial charge in [0.25, 0.3) is 5.91 Å². The first-order valence-electron chi connectivity index (χ1n) is 11.3. The van der Waals surface area contributed by atoms with Crippen LogP contribution in [0.1, 0.15) is 39.5 Å². The summed E-state index contributed by atoms with van der Waals surface area (Å²) in [4.78, 5) is 38.6. The molecule has 0 fully saturated rings. The maximum atomic E-state index is 13.0. The molecule has 4 rings (SSSR count). The number of hydroxylamine groups is 2. The minimum atomic E-state index is -1.62. The number of aromatic amines is 1. The third-order valence-corrected chi connectivity index (χ3v) is 6.91. The first-order valence-corrected chi connectivity index (χ1v) is 12.2. The summed E-state index contributed by atoms with van der Waals surface area (Å²) in [6.07, 6.45) is 1.41. The number of nitrogens with one attached hydrogen (secondary N) is 1. The molecule has 9 nitrogen and oxygen atoms in total. The lowest BCUT2D eigenvalue weighted by molar-refractivity contribution is -0.181. The Bertz CT molecular complexity index is 1110. The van der Waals surface area contributed by atoms with Crippen LogP contribution in [0.4, 0.5) is 0 Å². The second kappa shape index (κ2) is 9.81. The number of imidazole rings is 1. The molecule has 3 atom stereocenters. The zero-order valence-electron chi connectivity index (χ0n) is 19.5. The Morgan fingerprint density at radius 3 is 2.85 bits per heavy atom. The van der Waals surface area contributed by atoms with Crippen molar-refractivity contribution >= 4 is 34.7 Å². The number of aromatic nitrogens is 2. The lowest BCUT2D eigenvalue weighted by Gasteiger charge is -2.42. The van der Waals surface area contributed by atoms with E-state index in [0.29, 0.717) is 11.6 Å². The van der Waals surface area contributed by atoms with Crippen LogP contribution in [0.5, 0.6) is 0 Å². The Hall–Kier alpha value is -2.82. The first-order chi connectivity index (χ1) is 16.3. The minimum absolute atomic E-state index is 0.0330. The number of nitrogens with zero attached hydrogens (tertiary/aromatic N) is 2. The summed E-state index contributed by atoms with van der Waals surface area (Å²) >= 11 is 1.18. The topological polar surface area (TPSA) is 114 Å². The van der Waals surface area contributed by atoms with Crippen LogP contribution in [0.15, 0.2) is 53.0 Å². The Morgan fingerprint density at radius 1 is 1.38 bits per heavy atom. The number of rotatable bonds is 9. The van der Waals surface area contributed by atoms with E-state index in [9.17, 15) is 14.7 Å². The van der Waals surface area contributed by atoms with Crippen LogP contribution in [0, 0.1) is 0 Å². The van der Waals surface area contributed by atoms with E-state index in [-0.39, 0.29) is 22.8 Å². The van der Waals surface area contributed by atoms with Crippen LogP contribution in [-0.2, 0) is 23.9 Å². The highest BCUT2D eigenvalue weighted by atomic mass is 32.2. The average Bonchev–Trinajstić information content (AvgIpc) is 3.33. The van der Waals surface area contributed by atoms with Gasteiger partial charge in [-0.15, -0.1) is 0 Å². The minimum Gasteiger partial charge on any atom is -0.484 e. The number of H-pyrrole nitrogens is 1. The molecule has 1 amide bonds. The van der Waals surface area contributed by atoms with Crippen molar-refractivity contribution in [3.8, 4) is 0 Å². The van der Waals surface area contributed by atoms with Gasteiger partial charge in [-0.2, -0.15) is 5.06 Å². The molecule has 3 heterocycles. The van der Waals surface area contributed by atoms with E-state index in [0.717, 1.165) is 35.4 Å². The van der Waals surface area contributed by atoms with E-state index in [2.05, 4.69) is 23.5 Å². The zero-order chi connectivity index (χ0) is 24.5. The number of hydrogen-bond donors (Lipinski definition) is 2. The fourth-order valence-corrected chi connectivity index (χ4v) is 4.92. The van der Waals surface area contributed by atoms with E-state index in [1.807, 2.05) is 24.3 Å². The summed E-state index contributed by atoms with van der Waals surface area (Å²) in [6, 6.07) is 7.56. The summed E-state index contributed by atoms with van der Waals surface area (Å²) in [6.45, 7) is 7.50.